The SMILES string of the molecule is C/C(=C\c1ccco1)[C@H]1Nc2ccccc2C(=O)N1Cc1ccccc1. The van der Waals surface area contributed by atoms with Crippen LogP contribution in [0, 0.1) is 0 Å². The van der Waals surface area contributed by atoms with E-state index in [9.17, 15) is 4.79 Å². The van der Waals surface area contributed by atoms with Crippen molar-refractivity contribution in [3.05, 3.63) is 95.5 Å². The molecule has 0 saturated carbocycles. The lowest BCUT2D eigenvalue weighted by Crippen LogP contribution is -2.48. The Hall–Kier alpha value is -3.27. The monoisotopic (exact) mass is 344 g/mol. The molecule has 0 bridgehead atoms. The number of fused-ring (bicyclic) bond motifs is 1. The van der Waals surface area contributed by atoms with Crippen LogP contribution < -0.4 is 5.32 Å². The van der Waals surface area contributed by atoms with E-state index in [-0.39, 0.29) is 12.1 Å². The van der Waals surface area contributed by atoms with Crippen molar-refractivity contribution in [1.82, 2.24) is 4.90 Å². The van der Waals surface area contributed by atoms with Gasteiger partial charge in [0.1, 0.15) is 11.9 Å². The van der Waals surface area contributed by atoms with E-state index in [2.05, 4.69) is 5.32 Å². The number of amides is 1. The van der Waals surface area contributed by atoms with E-state index in [4.69, 9.17) is 4.42 Å². The zero-order valence-electron chi connectivity index (χ0n) is 14.6. The van der Waals surface area contributed by atoms with Crippen LogP contribution in [0.5, 0.6) is 0 Å². The van der Waals surface area contributed by atoms with Crippen molar-refractivity contribution >= 4 is 17.7 Å². The normalized spacial score (nSPS) is 17.0. The number of hydrogen-bond acceptors (Lipinski definition) is 3. The molecule has 2 heterocycles. The molecule has 1 atom stereocenters. The molecule has 3 aromatic rings. The third-order valence-electron chi connectivity index (χ3n) is 4.56. The van der Waals surface area contributed by atoms with Gasteiger partial charge in [-0.2, -0.15) is 0 Å². The van der Waals surface area contributed by atoms with E-state index in [1.165, 1.54) is 0 Å². The molecule has 0 fully saturated rings. The molecule has 0 aliphatic carbocycles. The summed E-state index contributed by atoms with van der Waals surface area (Å²) in [7, 11) is 0. The summed E-state index contributed by atoms with van der Waals surface area (Å²) in [5.41, 5.74) is 3.67. The van der Waals surface area contributed by atoms with Crippen LogP contribution in [0.3, 0.4) is 0 Å². The average Bonchev–Trinajstić information content (AvgIpc) is 3.18. The largest absolute Gasteiger partial charge is 0.465 e. The lowest BCUT2D eigenvalue weighted by atomic mass is 10.0. The fraction of sp³-hybridized carbons (Fsp3) is 0.136. The van der Waals surface area contributed by atoms with Gasteiger partial charge in [-0.05, 0) is 48.4 Å². The Morgan fingerprint density at radius 1 is 1.08 bits per heavy atom. The van der Waals surface area contributed by atoms with Gasteiger partial charge >= 0.3 is 0 Å². The summed E-state index contributed by atoms with van der Waals surface area (Å²) in [6, 6.07) is 21.4. The number of anilines is 1. The molecule has 0 spiro atoms. The zero-order valence-corrected chi connectivity index (χ0v) is 14.6. The number of para-hydroxylation sites is 1. The topological polar surface area (TPSA) is 45.5 Å². The minimum atomic E-state index is -0.234. The number of carbonyl (C=O) groups is 1. The Bertz CT molecular complexity index is 930. The minimum absolute atomic E-state index is 0.0281. The van der Waals surface area contributed by atoms with Crippen LogP contribution in [0.25, 0.3) is 6.08 Å². The maximum Gasteiger partial charge on any atom is 0.258 e. The number of benzene rings is 2. The molecule has 0 radical (unpaired) electrons. The molecule has 1 aliphatic rings. The molecule has 1 amide bonds. The van der Waals surface area contributed by atoms with Crippen LogP contribution in [0.2, 0.25) is 0 Å². The van der Waals surface area contributed by atoms with Gasteiger partial charge in [-0.1, -0.05) is 42.5 Å². The summed E-state index contributed by atoms with van der Waals surface area (Å²) >= 11 is 0. The Balaban J connectivity index is 1.72. The summed E-state index contributed by atoms with van der Waals surface area (Å²) in [5, 5.41) is 3.51. The highest BCUT2D eigenvalue weighted by Gasteiger charge is 2.32. The van der Waals surface area contributed by atoms with Crippen molar-refractivity contribution in [2.45, 2.75) is 19.6 Å². The molecule has 1 N–H and O–H groups in total. The van der Waals surface area contributed by atoms with E-state index in [1.807, 2.05) is 84.6 Å². The number of furan rings is 1. The second-order valence-corrected chi connectivity index (χ2v) is 6.41. The zero-order chi connectivity index (χ0) is 17.9. The van der Waals surface area contributed by atoms with Crippen molar-refractivity contribution in [3.8, 4) is 0 Å². The Morgan fingerprint density at radius 3 is 2.62 bits per heavy atom. The smallest absolute Gasteiger partial charge is 0.258 e. The molecular weight excluding hydrogens is 324 g/mol. The highest BCUT2D eigenvalue weighted by molar-refractivity contribution is 6.02. The summed E-state index contributed by atoms with van der Waals surface area (Å²) in [5.74, 6) is 0.802. The summed E-state index contributed by atoms with van der Waals surface area (Å²) in [6.45, 7) is 2.55. The van der Waals surface area contributed by atoms with E-state index < -0.39 is 0 Å². The lowest BCUT2D eigenvalue weighted by Gasteiger charge is -2.38. The van der Waals surface area contributed by atoms with E-state index in [1.54, 1.807) is 6.26 Å². The van der Waals surface area contributed by atoms with Crippen molar-refractivity contribution < 1.29 is 9.21 Å². The minimum Gasteiger partial charge on any atom is -0.465 e. The molecular formula is C22H20N2O2. The molecule has 0 unspecified atom stereocenters. The number of rotatable bonds is 4. The Kier molecular flexibility index (Phi) is 4.32. The van der Waals surface area contributed by atoms with Gasteiger partial charge in [0, 0.05) is 12.2 Å². The third-order valence-corrected chi connectivity index (χ3v) is 4.56. The maximum absolute atomic E-state index is 13.2. The predicted molar refractivity (Wildman–Crippen MR) is 103 cm³/mol. The quantitative estimate of drug-likeness (QED) is 0.741. The third kappa shape index (κ3) is 3.14. The van der Waals surface area contributed by atoms with Gasteiger partial charge in [0.15, 0.2) is 0 Å². The molecule has 1 aliphatic heterocycles. The standard InChI is InChI=1S/C22H20N2O2/c1-16(14-18-10-7-13-26-18)21-23-20-12-6-5-11-19(20)22(25)24(21)15-17-8-3-2-4-9-17/h2-14,21,23H,15H2,1H3/b16-14+/t21-/m0/s1. The second-order valence-electron chi connectivity index (χ2n) is 6.41. The highest BCUT2D eigenvalue weighted by atomic mass is 16.3. The van der Waals surface area contributed by atoms with Crippen LogP contribution in [-0.2, 0) is 6.54 Å². The number of carbonyl (C=O) groups excluding carboxylic acids is 1. The van der Waals surface area contributed by atoms with Crippen molar-refractivity contribution in [2.75, 3.05) is 5.32 Å². The Morgan fingerprint density at radius 2 is 1.85 bits per heavy atom. The van der Waals surface area contributed by atoms with Gasteiger partial charge in [-0.3, -0.25) is 4.79 Å². The van der Waals surface area contributed by atoms with Crippen LogP contribution in [0.4, 0.5) is 5.69 Å². The molecule has 4 nitrogen and oxygen atoms in total. The Labute approximate surface area is 152 Å². The predicted octanol–water partition coefficient (Wildman–Crippen LogP) is 4.78. The summed E-state index contributed by atoms with van der Waals surface area (Å²) in [6.07, 6.45) is 3.38. The molecule has 0 saturated heterocycles. The lowest BCUT2D eigenvalue weighted by molar-refractivity contribution is 0.0695. The fourth-order valence-corrected chi connectivity index (χ4v) is 3.27. The molecule has 26 heavy (non-hydrogen) atoms. The molecule has 130 valence electrons. The molecule has 2 aromatic carbocycles. The van der Waals surface area contributed by atoms with Gasteiger partial charge in [-0.25, -0.2) is 0 Å². The van der Waals surface area contributed by atoms with Crippen LogP contribution in [0.15, 0.2) is 83.0 Å². The maximum atomic E-state index is 13.2. The number of hydrogen-bond donors (Lipinski definition) is 1. The first-order valence-electron chi connectivity index (χ1n) is 8.64. The molecule has 4 rings (SSSR count). The first kappa shape index (κ1) is 16.2. The highest BCUT2D eigenvalue weighted by Crippen LogP contribution is 2.30. The van der Waals surface area contributed by atoms with Gasteiger partial charge < -0.3 is 14.6 Å². The van der Waals surface area contributed by atoms with E-state index in [0.29, 0.717) is 12.1 Å². The first-order valence-corrected chi connectivity index (χ1v) is 8.64. The fourth-order valence-electron chi connectivity index (χ4n) is 3.27. The number of nitrogens with one attached hydrogen (secondary N) is 1. The van der Waals surface area contributed by atoms with Crippen molar-refractivity contribution in [3.63, 3.8) is 0 Å². The molecule has 4 heteroatoms. The van der Waals surface area contributed by atoms with E-state index >= 15 is 0 Å². The van der Waals surface area contributed by atoms with Crippen molar-refractivity contribution in [1.29, 1.82) is 0 Å². The molecule has 1 aromatic heterocycles. The van der Waals surface area contributed by atoms with Crippen LogP contribution in [0.1, 0.15) is 28.6 Å². The van der Waals surface area contributed by atoms with Gasteiger partial charge in [0.05, 0.1) is 11.8 Å². The van der Waals surface area contributed by atoms with Crippen LogP contribution in [-0.4, -0.2) is 17.0 Å². The second kappa shape index (κ2) is 6.92. The summed E-state index contributed by atoms with van der Waals surface area (Å²) in [4.78, 5) is 15.0. The summed E-state index contributed by atoms with van der Waals surface area (Å²) < 4.78 is 5.44. The van der Waals surface area contributed by atoms with E-state index in [0.717, 1.165) is 22.6 Å². The first-order chi connectivity index (χ1) is 12.7. The van der Waals surface area contributed by atoms with Gasteiger partial charge in [-0.15, -0.1) is 0 Å². The van der Waals surface area contributed by atoms with Crippen molar-refractivity contribution in [2.24, 2.45) is 0 Å². The average molecular weight is 344 g/mol. The van der Waals surface area contributed by atoms with Gasteiger partial charge in [0.2, 0.25) is 0 Å². The number of nitrogens with zero attached hydrogens (tertiary/aromatic N) is 1. The van der Waals surface area contributed by atoms with Gasteiger partial charge in [0.25, 0.3) is 5.91 Å². The van der Waals surface area contributed by atoms with Crippen LogP contribution >= 0.6 is 0 Å².